The van der Waals surface area contributed by atoms with Crippen molar-refractivity contribution in [1.29, 1.82) is 0 Å². The van der Waals surface area contributed by atoms with Gasteiger partial charge in [-0.25, -0.2) is 4.18 Å². The van der Waals surface area contributed by atoms with Gasteiger partial charge in [0, 0.05) is 0 Å². The molecule has 0 aliphatic heterocycles. The third kappa shape index (κ3) is 2.98. The molecule has 0 rings (SSSR count). The van der Waals surface area contributed by atoms with Gasteiger partial charge in [-0.3, -0.25) is 4.55 Å². The SMILES string of the molecule is CCC(OS(=O)(=O)O)(C(F)(F)F)C(F)(F)F. The molecule has 0 unspecified atom stereocenters. The zero-order chi connectivity index (χ0) is 13.4. The second-order valence-electron chi connectivity index (χ2n) is 2.69. The van der Waals surface area contributed by atoms with Crippen molar-refractivity contribution in [2.75, 3.05) is 0 Å². The Hall–Kier alpha value is -0.550. The molecule has 16 heavy (non-hydrogen) atoms. The summed E-state index contributed by atoms with van der Waals surface area (Å²) in [6, 6.07) is 0. The average molecular weight is 276 g/mol. The first-order valence-electron chi connectivity index (χ1n) is 3.58. The number of halogens is 6. The fourth-order valence-electron chi connectivity index (χ4n) is 0.895. The van der Waals surface area contributed by atoms with Gasteiger partial charge < -0.3 is 0 Å². The molecule has 0 bridgehead atoms. The molecule has 11 heteroatoms. The van der Waals surface area contributed by atoms with E-state index in [0.29, 0.717) is 6.92 Å². The van der Waals surface area contributed by atoms with Crippen LogP contribution in [0.2, 0.25) is 0 Å². The van der Waals surface area contributed by atoms with Gasteiger partial charge in [-0.1, -0.05) is 6.92 Å². The van der Waals surface area contributed by atoms with Crippen molar-refractivity contribution < 1.29 is 43.5 Å². The van der Waals surface area contributed by atoms with Crippen LogP contribution in [0, 0.1) is 0 Å². The maximum atomic E-state index is 12.2. The molecule has 0 aromatic carbocycles. The summed E-state index contributed by atoms with van der Waals surface area (Å²) in [6.45, 7) is 0.423. The lowest BCUT2D eigenvalue weighted by atomic mass is 10.00. The van der Waals surface area contributed by atoms with Crippen molar-refractivity contribution in [2.45, 2.75) is 31.3 Å². The molecule has 1 N–H and O–H groups in total. The Bertz CT molecular complexity index is 327. The van der Waals surface area contributed by atoms with Crippen LogP contribution in [0.25, 0.3) is 0 Å². The van der Waals surface area contributed by atoms with Crippen molar-refractivity contribution in [2.24, 2.45) is 0 Å². The van der Waals surface area contributed by atoms with Gasteiger partial charge in [0.2, 0.25) is 0 Å². The van der Waals surface area contributed by atoms with Crippen molar-refractivity contribution >= 4 is 10.4 Å². The number of alkyl halides is 6. The molecule has 0 spiro atoms. The summed E-state index contributed by atoms with van der Waals surface area (Å²) in [5.74, 6) is 0. The zero-order valence-electron chi connectivity index (χ0n) is 7.56. The zero-order valence-corrected chi connectivity index (χ0v) is 8.37. The van der Waals surface area contributed by atoms with Crippen LogP contribution in [0.3, 0.4) is 0 Å². The van der Waals surface area contributed by atoms with Crippen molar-refractivity contribution in [3.8, 4) is 0 Å². The van der Waals surface area contributed by atoms with Crippen molar-refractivity contribution in [3.05, 3.63) is 0 Å². The van der Waals surface area contributed by atoms with E-state index in [2.05, 4.69) is 4.18 Å². The summed E-state index contributed by atoms with van der Waals surface area (Å²) in [7, 11) is -5.90. The van der Waals surface area contributed by atoms with Gasteiger partial charge in [-0.05, 0) is 6.42 Å². The Morgan fingerprint density at radius 1 is 1.06 bits per heavy atom. The van der Waals surface area contributed by atoms with Gasteiger partial charge in [0.1, 0.15) is 0 Å². The van der Waals surface area contributed by atoms with Crippen LogP contribution >= 0.6 is 0 Å². The molecule has 0 radical (unpaired) electrons. The minimum absolute atomic E-state index is 0.423. The molecule has 0 saturated heterocycles. The molecule has 98 valence electrons. The average Bonchev–Trinajstić information content (AvgIpc) is 1.93. The molecule has 0 saturated carbocycles. The Morgan fingerprint density at radius 3 is 1.44 bits per heavy atom. The molecule has 0 aromatic rings. The Labute approximate surface area is 86.1 Å². The van der Waals surface area contributed by atoms with E-state index >= 15 is 0 Å². The highest BCUT2D eigenvalue weighted by molar-refractivity contribution is 7.80. The van der Waals surface area contributed by atoms with E-state index in [1.807, 2.05) is 0 Å². The summed E-state index contributed by atoms with van der Waals surface area (Å²) in [4.78, 5) is 0. The van der Waals surface area contributed by atoms with E-state index in [9.17, 15) is 34.8 Å². The predicted octanol–water partition coefficient (Wildman–Crippen LogP) is 2.08. The lowest BCUT2D eigenvalue weighted by Crippen LogP contribution is -2.59. The molecular formula is C5H6F6O4S. The van der Waals surface area contributed by atoms with Crippen LogP contribution < -0.4 is 0 Å². The molecule has 0 aliphatic rings. The Balaban J connectivity index is 5.69. The first kappa shape index (κ1) is 15.4. The van der Waals surface area contributed by atoms with Crippen LogP contribution in [-0.2, 0) is 14.6 Å². The second-order valence-corrected chi connectivity index (χ2v) is 3.71. The number of rotatable bonds is 3. The highest BCUT2D eigenvalue weighted by atomic mass is 32.3. The van der Waals surface area contributed by atoms with Crippen molar-refractivity contribution in [3.63, 3.8) is 0 Å². The third-order valence-electron chi connectivity index (χ3n) is 1.66. The lowest BCUT2D eigenvalue weighted by molar-refractivity contribution is -0.358. The Morgan fingerprint density at radius 2 is 1.38 bits per heavy atom. The minimum Gasteiger partial charge on any atom is -0.264 e. The largest absolute Gasteiger partial charge is 0.428 e. The summed E-state index contributed by atoms with van der Waals surface area (Å²) < 4.78 is 104. The fourth-order valence-corrected chi connectivity index (χ4v) is 1.56. The summed E-state index contributed by atoms with van der Waals surface area (Å²) in [5, 5.41) is 0. The van der Waals surface area contributed by atoms with Gasteiger partial charge >= 0.3 is 22.8 Å². The molecule has 0 aliphatic carbocycles. The van der Waals surface area contributed by atoms with Gasteiger partial charge in [0.05, 0.1) is 0 Å². The highest BCUT2D eigenvalue weighted by Crippen LogP contribution is 2.48. The normalized spacial score (nSPS) is 15.2. The Kier molecular flexibility index (Phi) is 3.90. The molecule has 0 amide bonds. The van der Waals surface area contributed by atoms with E-state index in [1.54, 1.807) is 0 Å². The summed E-state index contributed by atoms with van der Waals surface area (Å²) in [5.41, 5.74) is -4.94. The van der Waals surface area contributed by atoms with Gasteiger partial charge in [0.15, 0.2) is 0 Å². The standard InChI is InChI=1S/C5H6F6O4S/c1-2-3(4(6,7)8,5(9,10)11)15-16(12,13)14/h2H2,1H3,(H,12,13,14). The highest BCUT2D eigenvalue weighted by Gasteiger charge is 2.73. The van der Waals surface area contributed by atoms with E-state index in [-0.39, 0.29) is 0 Å². The lowest BCUT2D eigenvalue weighted by Gasteiger charge is -2.34. The quantitative estimate of drug-likeness (QED) is 0.633. The first-order valence-corrected chi connectivity index (χ1v) is 4.95. The van der Waals surface area contributed by atoms with Crippen LogP contribution in [0.1, 0.15) is 13.3 Å². The topological polar surface area (TPSA) is 63.6 Å². The van der Waals surface area contributed by atoms with Gasteiger partial charge in [-0.15, -0.1) is 0 Å². The van der Waals surface area contributed by atoms with Crippen LogP contribution in [-0.4, -0.2) is 30.9 Å². The first-order chi connectivity index (χ1) is 6.77. The number of hydrogen-bond donors (Lipinski definition) is 1. The van der Waals surface area contributed by atoms with Crippen LogP contribution in [0.15, 0.2) is 0 Å². The van der Waals surface area contributed by atoms with Crippen LogP contribution in [0.4, 0.5) is 26.3 Å². The van der Waals surface area contributed by atoms with E-state index in [0.717, 1.165) is 0 Å². The smallest absolute Gasteiger partial charge is 0.264 e. The van der Waals surface area contributed by atoms with E-state index < -0.39 is 34.8 Å². The summed E-state index contributed by atoms with van der Waals surface area (Å²) >= 11 is 0. The second kappa shape index (κ2) is 4.04. The molecular weight excluding hydrogens is 270 g/mol. The summed E-state index contributed by atoms with van der Waals surface area (Å²) in [6.07, 6.45) is -13.8. The number of hydrogen-bond acceptors (Lipinski definition) is 3. The van der Waals surface area contributed by atoms with Gasteiger partial charge in [0.25, 0.3) is 5.60 Å². The molecule has 0 atom stereocenters. The van der Waals surface area contributed by atoms with E-state index in [1.165, 1.54) is 0 Å². The van der Waals surface area contributed by atoms with E-state index in [4.69, 9.17) is 4.55 Å². The molecule has 0 heterocycles. The minimum atomic E-state index is -6.03. The predicted molar refractivity (Wildman–Crippen MR) is 37.8 cm³/mol. The maximum absolute atomic E-state index is 12.2. The fraction of sp³-hybridized carbons (Fsp3) is 1.00. The third-order valence-corrected chi connectivity index (χ3v) is 2.16. The van der Waals surface area contributed by atoms with Crippen molar-refractivity contribution in [1.82, 2.24) is 0 Å². The van der Waals surface area contributed by atoms with Crippen LogP contribution in [0.5, 0.6) is 0 Å². The molecule has 0 fully saturated rings. The monoisotopic (exact) mass is 276 g/mol. The van der Waals surface area contributed by atoms with Gasteiger partial charge in [-0.2, -0.15) is 34.8 Å². The maximum Gasteiger partial charge on any atom is 0.428 e. The molecule has 4 nitrogen and oxygen atoms in total. The molecule has 0 aromatic heterocycles.